The molecule has 3 N–H and O–H groups in total. The van der Waals surface area contributed by atoms with Crippen molar-refractivity contribution in [3.05, 3.63) is 102 Å². The fraction of sp³-hybridized carbons (Fsp3) is 0.289. The molecule has 12 heteroatoms. The normalized spacial score (nSPS) is 13.2. The van der Waals surface area contributed by atoms with Crippen molar-refractivity contribution in [3.8, 4) is 17.2 Å². The zero-order valence-corrected chi connectivity index (χ0v) is 28.7. The SMILES string of the molecule is Cc1ccc(-n2nc(C(C)(C)C)cc2NC(=O)Nc2ccc(Oc3ccnc(CC(=O)CNC(=O)N4CCOCC4)c3)c3ccccc23)cc1. The maximum Gasteiger partial charge on any atom is 0.324 e. The van der Waals surface area contributed by atoms with Gasteiger partial charge in [-0.1, -0.05) is 62.7 Å². The Kier molecular flexibility index (Phi) is 10.1. The van der Waals surface area contributed by atoms with Crippen LogP contribution in [0.5, 0.6) is 11.5 Å². The zero-order valence-electron chi connectivity index (χ0n) is 28.7. The number of Topliss-reactive ketones (excluding diaryl/α,β-unsaturated/α-hetero) is 1. The van der Waals surface area contributed by atoms with Crippen LogP contribution in [0, 0.1) is 6.92 Å². The molecule has 50 heavy (non-hydrogen) atoms. The van der Waals surface area contributed by atoms with Crippen LogP contribution in [0.25, 0.3) is 16.5 Å². The molecule has 3 aromatic carbocycles. The molecule has 0 atom stereocenters. The number of nitrogens with zero attached hydrogens (tertiary/aromatic N) is 4. The summed E-state index contributed by atoms with van der Waals surface area (Å²) >= 11 is 0. The molecule has 1 aliphatic heterocycles. The minimum Gasteiger partial charge on any atom is -0.457 e. The maximum atomic E-state index is 13.4. The molecule has 258 valence electrons. The molecule has 0 radical (unpaired) electrons. The number of pyridine rings is 1. The van der Waals surface area contributed by atoms with Gasteiger partial charge in [-0.3, -0.25) is 15.1 Å². The third-order valence-corrected chi connectivity index (χ3v) is 8.26. The molecule has 0 spiro atoms. The summed E-state index contributed by atoms with van der Waals surface area (Å²) in [6.07, 6.45) is 1.62. The van der Waals surface area contributed by atoms with Gasteiger partial charge in [-0.25, -0.2) is 14.3 Å². The summed E-state index contributed by atoms with van der Waals surface area (Å²) in [5.74, 6) is 1.45. The Morgan fingerprint density at radius 3 is 2.38 bits per heavy atom. The number of carbonyl (C=O) groups is 3. The second-order valence-electron chi connectivity index (χ2n) is 13.2. The standard InChI is InChI=1S/C38H41N7O5/c1-25-9-11-27(12-10-25)45-35(23-34(43-45)38(2,3)4)42-36(47)41-32-13-14-33(31-8-6-5-7-30(31)32)50-29-15-16-39-26(22-29)21-28(46)24-40-37(48)44-17-19-49-20-18-44/h5-16,22-23H,17-21,24H2,1-4H3,(H,40,48)(H2,41,42,47). The predicted octanol–water partition coefficient (Wildman–Crippen LogP) is 6.62. The van der Waals surface area contributed by atoms with Crippen molar-refractivity contribution >= 4 is 40.1 Å². The van der Waals surface area contributed by atoms with Crippen LogP contribution in [0.2, 0.25) is 0 Å². The first-order valence-corrected chi connectivity index (χ1v) is 16.6. The summed E-state index contributed by atoms with van der Waals surface area (Å²) in [7, 11) is 0. The van der Waals surface area contributed by atoms with E-state index in [0.29, 0.717) is 55.0 Å². The smallest absolute Gasteiger partial charge is 0.324 e. The van der Waals surface area contributed by atoms with E-state index in [9.17, 15) is 14.4 Å². The van der Waals surface area contributed by atoms with E-state index in [1.807, 2.05) is 61.5 Å². The molecule has 1 fully saturated rings. The lowest BCUT2D eigenvalue weighted by molar-refractivity contribution is -0.117. The van der Waals surface area contributed by atoms with Crippen molar-refractivity contribution in [1.82, 2.24) is 25.0 Å². The summed E-state index contributed by atoms with van der Waals surface area (Å²) in [5.41, 5.74) is 3.72. The molecular formula is C38H41N7O5. The van der Waals surface area contributed by atoms with Crippen LogP contribution < -0.4 is 20.7 Å². The van der Waals surface area contributed by atoms with Crippen molar-refractivity contribution in [2.45, 2.75) is 39.5 Å². The number of urea groups is 2. The van der Waals surface area contributed by atoms with Crippen molar-refractivity contribution in [3.63, 3.8) is 0 Å². The number of hydrogen-bond donors (Lipinski definition) is 3. The number of ketones is 1. The van der Waals surface area contributed by atoms with Gasteiger partial charge < -0.3 is 25.0 Å². The van der Waals surface area contributed by atoms with Gasteiger partial charge in [-0.2, -0.15) is 5.10 Å². The lowest BCUT2D eigenvalue weighted by atomic mass is 9.92. The third kappa shape index (κ3) is 8.27. The molecule has 1 aliphatic rings. The highest BCUT2D eigenvalue weighted by Gasteiger charge is 2.22. The molecular weight excluding hydrogens is 634 g/mol. The summed E-state index contributed by atoms with van der Waals surface area (Å²) in [4.78, 5) is 44.4. The van der Waals surface area contributed by atoms with E-state index in [4.69, 9.17) is 14.6 Å². The number of fused-ring (bicyclic) bond motifs is 1. The third-order valence-electron chi connectivity index (χ3n) is 8.26. The average molecular weight is 676 g/mol. The number of hydrogen-bond acceptors (Lipinski definition) is 7. The van der Waals surface area contributed by atoms with E-state index in [1.54, 1.807) is 40.0 Å². The Hall–Kier alpha value is -5.75. The van der Waals surface area contributed by atoms with Crippen LogP contribution in [0.1, 0.15) is 37.7 Å². The highest BCUT2D eigenvalue weighted by Crippen LogP contribution is 2.35. The van der Waals surface area contributed by atoms with Crippen LogP contribution in [-0.2, 0) is 21.4 Å². The molecule has 12 nitrogen and oxygen atoms in total. The van der Waals surface area contributed by atoms with Crippen molar-refractivity contribution < 1.29 is 23.9 Å². The summed E-state index contributed by atoms with van der Waals surface area (Å²) in [5, 5.41) is 15.0. The number of ether oxygens (including phenoxy) is 2. The second kappa shape index (κ2) is 14.8. The molecule has 1 saturated heterocycles. The van der Waals surface area contributed by atoms with E-state index in [-0.39, 0.29) is 30.2 Å². The van der Waals surface area contributed by atoms with Gasteiger partial charge >= 0.3 is 12.1 Å². The lowest BCUT2D eigenvalue weighted by Crippen LogP contribution is -2.47. The second-order valence-corrected chi connectivity index (χ2v) is 13.2. The van der Waals surface area contributed by atoms with Crippen LogP contribution in [0.3, 0.4) is 0 Å². The number of anilines is 2. The van der Waals surface area contributed by atoms with E-state index in [1.165, 1.54) is 0 Å². The monoisotopic (exact) mass is 675 g/mol. The Morgan fingerprint density at radius 2 is 1.64 bits per heavy atom. The quantitative estimate of drug-likeness (QED) is 0.160. The van der Waals surface area contributed by atoms with E-state index < -0.39 is 6.03 Å². The van der Waals surface area contributed by atoms with Gasteiger partial charge in [0.15, 0.2) is 5.78 Å². The van der Waals surface area contributed by atoms with E-state index in [2.05, 4.69) is 41.7 Å². The summed E-state index contributed by atoms with van der Waals surface area (Å²) in [6, 6.07) is 23.8. The number of benzene rings is 3. The number of nitrogens with one attached hydrogen (secondary N) is 3. The fourth-order valence-corrected chi connectivity index (χ4v) is 5.52. The number of carbonyl (C=O) groups excluding carboxylic acids is 3. The van der Waals surface area contributed by atoms with E-state index in [0.717, 1.165) is 27.7 Å². The minimum atomic E-state index is -0.415. The molecule has 4 amide bonds. The van der Waals surface area contributed by atoms with Gasteiger partial charge in [0.2, 0.25) is 0 Å². The molecule has 0 aliphatic carbocycles. The topological polar surface area (TPSA) is 140 Å². The molecule has 2 aromatic heterocycles. The number of aryl methyl sites for hydroxylation is 1. The Bertz CT molecular complexity index is 2010. The van der Waals surface area contributed by atoms with Gasteiger partial charge in [0, 0.05) is 47.6 Å². The van der Waals surface area contributed by atoms with Crippen LogP contribution in [0.4, 0.5) is 21.1 Å². The lowest BCUT2D eigenvalue weighted by Gasteiger charge is -2.26. The minimum absolute atomic E-state index is 0.0410. The van der Waals surface area contributed by atoms with Gasteiger partial charge in [0.05, 0.1) is 48.9 Å². The fourth-order valence-electron chi connectivity index (χ4n) is 5.52. The van der Waals surface area contributed by atoms with Crippen molar-refractivity contribution in [1.29, 1.82) is 0 Å². The maximum absolute atomic E-state index is 13.4. The van der Waals surface area contributed by atoms with Gasteiger partial charge in [-0.15, -0.1) is 0 Å². The molecule has 5 aromatic rings. The Morgan fingerprint density at radius 1 is 0.900 bits per heavy atom. The number of aromatic nitrogens is 3. The van der Waals surface area contributed by atoms with Gasteiger partial charge in [-0.05, 0) is 37.3 Å². The van der Waals surface area contributed by atoms with Crippen molar-refractivity contribution in [2.75, 3.05) is 43.5 Å². The van der Waals surface area contributed by atoms with Crippen LogP contribution in [-0.4, -0.2) is 70.4 Å². The molecule has 6 rings (SSSR count). The highest BCUT2D eigenvalue weighted by molar-refractivity contribution is 6.07. The average Bonchev–Trinajstić information content (AvgIpc) is 3.53. The summed E-state index contributed by atoms with van der Waals surface area (Å²) in [6.45, 7) is 10.1. The van der Waals surface area contributed by atoms with Gasteiger partial charge in [0.25, 0.3) is 0 Å². The number of amides is 4. The predicted molar refractivity (Wildman–Crippen MR) is 192 cm³/mol. The number of rotatable bonds is 9. The first-order chi connectivity index (χ1) is 24.0. The zero-order chi connectivity index (χ0) is 35.3. The molecule has 0 bridgehead atoms. The number of morpholine rings is 1. The first-order valence-electron chi connectivity index (χ1n) is 16.6. The molecule has 0 saturated carbocycles. The molecule has 0 unspecified atom stereocenters. The first kappa shape index (κ1) is 34.1. The van der Waals surface area contributed by atoms with Gasteiger partial charge in [0.1, 0.15) is 17.3 Å². The summed E-state index contributed by atoms with van der Waals surface area (Å²) < 4.78 is 13.3. The van der Waals surface area contributed by atoms with Crippen molar-refractivity contribution in [2.24, 2.45) is 0 Å². The molecule has 3 heterocycles. The Labute approximate surface area is 290 Å². The largest absolute Gasteiger partial charge is 0.457 e. The van der Waals surface area contributed by atoms with E-state index >= 15 is 0 Å². The van der Waals surface area contributed by atoms with Crippen LogP contribution in [0.15, 0.2) is 85.1 Å². The van der Waals surface area contributed by atoms with Crippen LogP contribution >= 0.6 is 0 Å². The Balaban J connectivity index is 1.14. The highest BCUT2D eigenvalue weighted by atomic mass is 16.5.